The first-order valence-electron chi connectivity index (χ1n) is 7.59. The highest BCUT2D eigenvalue weighted by Gasteiger charge is 2.15. The predicted molar refractivity (Wildman–Crippen MR) is 99.8 cm³/mol. The minimum Gasteiger partial charge on any atom is -0.507 e. The third kappa shape index (κ3) is 2.34. The molecular formula is C19H16N2O2S. The van der Waals surface area contributed by atoms with E-state index in [1.54, 1.807) is 18.4 Å². The summed E-state index contributed by atoms with van der Waals surface area (Å²) < 4.78 is 6.18. The maximum atomic E-state index is 10.5. The molecule has 0 bridgehead atoms. The van der Waals surface area contributed by atoms with Crippen molar-refractivity contribution in [2.24, 2.45) is 0 Å². The Labute approximate surface area is 143 Å². The quantitative estimate of drug-likeness (QED) is 0.539. The lowest BCUT2D eigenvalue weighted by Crippen LogP contribution is -1.89. The topological polar surface area (TPSA) is 54.4 Å². The second-order valence-corrected chi connectivity index (χ2v) is 6.57. The lowest BCUT2D eigenvalue weighted by atomic mass is 10.0. The summed E-state index contributed by atoms with van der Waals surface area (Å²) in [6.07, 6.45) is 0. The number of nitrogens with one attached hydrogen (secondary N) is 1. The second kappa shape index (κ2) is 5.69. The van der Waals surface area contributed by atoms with Crippen LogP contribution < -0.4 is 10.1 Å². The summed E-state index contributed by atoms with van der Waals surface area (Å²) in [7, 11) is 1.65. The van der Waals surface area contributed by atoms with Crippen LogP contribution in [0.1, 0.15) is 5.56 Å². The van der Waals surface area contributed by atoms with Gasteiger partial charge in [-0.3, -0.25) is 0 Å². The van der Waals surface area contributed by atoms with Gasteiger partial charge in [-0.05, 0) is 31.2 Å². The van der Waals surface area contributed by atoms with Crippen LogP contribution >= 0.6 is 11.3 Å². The molecule has 0 radical (unpaired) electrons. The number of hydrogen-bond donors (Lipinski definition) is 2. The number of nitrogens with zero attached hydrogens (tertiary/aromatic N) is 1. The maximum Gasteiger partial charge on any atom is 0.188 e. The first-order valence-corrected chi connectivity index (χ1v) is 8.41. The van der Waals surface area contributed by atoms with Gasteiger partial charge in [-0.2, -0.15) is 0 Å². The normalized spacial score (nSPS) is 11.1. The zero-order chi connectivity index (χ0) is 16.7. The summed E-state index contributed by atoms with van der Waals surface area (Å²) in [6, 6.07) is 15.5. The Balaban J connectivity index is 1.82. The van der Waals surface area contributed by atoms with Gasteiger partial charge in [-0.25, -0.2) is 4.98 Å². The van der Waals surface area contributed by atoms with Crippen molar-refractivity contribution < 1.29 is 9.84 Å². The van der Waals surface area contributed by atoms with E-state index in [1.807, 2.05) is 55.5 Å². The minimum absolute atomic E-state index is 0.331. The fourth-order valence-electron chi connectivity index (χ4n) is 2.81. The van der Waals surface area contributed by atoms with Crippen molar-refractivity contribution in [3.63, 3.8) is 0 Å². The molecule has 2 N–H and O–H groups in total. The summed E-state index contributed by atoms with van der Waals surface area (Å²) in [5.41, 5.74) is 2.73. The standard InChI is InChI=1S/C19H16N2O2S/c1-11-17(22)15-6-4-3-5-14(15)16-18(11)24-19(21-16)20-12-7-9-13(23-2)10-8-12/h3-10,22H,1-2H3,(H,20,21). The highest BCUT2D eigenvalue weighted by molar-refractivity contribution is 7.22. The molecule has 0 aliphatic carbocycles. The molecule has 0 saturated heterocycles. The fraction of sp³-hybridized carbons (Fsp3) is 0.105. The van der Waals surface area contributed by atoms with Crippen LogP contribution in [0.25, 0.3) is 21.0 Å². The minimum atomic E-state index is 0.331. The molecule has 4 rings (SSSR count). The zero-order valence-corrected chi connectivity index (χ0v) is 14.1. The van der Waals surface area contributed by atoms with Crippen LogP contribution in [0.3, 0.4) is 0 Å². The molecule has 24 heavy (non-hydrogen) atoms. The smallest absolute Gasteiger partial charge is 0.188 e. The number of ether oxygens (including phenoxy) is 1. The first-order chi connectivity index (χ1) is 11.7. The van der Waals surface area contributed by atoms with E-state index in [-0.39, 0.29) is 0 Å². The van der Waals surface area contributed by atoms with Crippen molar-refractivity contribution in [2.75, 3.05) is 12.4 Å². The fourth-order valence-corrected chi connectivity index (χ4v) is 3.81. The Morgan fingerprint density at radius 1 is 1.04 bits per heavy atom. The van der Waals surface area contributed by atoms with Crippen molar-refractivity contribution in [1.82, 2.24) is 4.98 Å². The molecule has 1 aromatic heterocycles. The third-order valence-corrected chi connectivity index (χ3v) is 5.19. The molecular weight excluding hydrogens is 320 g/mol. The summed E-state index contributed by atoms with van der Waals surface area (Å²) in [5, 5.41) is 16.4. The number of hydrogen-bond acceptors (Lipinski definition) is 5. The van der Waals surface area contributed by atoms with Gasteiger partial charge >= 0.3 is 0 Å². The van der Waals surface area contributed by atoms with E-state index >= 15 is 0 Å². The Morgan fingerprint density at radius 2 is 1.75 bits per heavy atom. The van der Waals surface area contributed by atoms with E-state index in [2.05, 4.69) is 5.32 Å². The second-order valence-electron chi connectivity index (χ2n) is 5.57. The van der Waals surface area contributed by atoms with E-state index in [9.17, 15) is 5.11 Å². The Hall–Kier alpha value is -2.79. The van der Waals surface area contributed by atoms with Gasteiger partial charge < -0.3 is 15.2 Å². The molecule has 4 nitrogen and oxygen atoms in total. The number of rotatable bonds is 3. The maximum absolute atomic E-state index is 10.5. The van der Waals surface area contributed by atoms with E-state index in [0.717, 1.165) is 43.1 Å². The van der Waals surface area contributed by atoms with Gasteiger partial charge in [-0.15, -0.1) is 0 Å². The number of benzene rings is 3. The SMILES string of the molecule is COc1ccc(Nc2nc3c(s2)c(C)c(O)c2ccccc23)cc1. The first kappa shape index (κ1) is 14.8. The monoisotopic (exact) mass is 336 g/mol. The average Bonchev–Trinajstić information content (AvgIpc) is 3.04. The van der Waals surface area contributed by atoms with Gasteiger partial charge in [0.15, 0.2) is 5.13 Å². The summed E-state index contributed by atoms with van der Waals surface area (Å²) >= 11 is 1.54. The molecule has 0 aliphatic heterocycles. The average molecular weight is 336 g/mol. The number of phenols is 1. The molecule has 0 amide bonds. The largest absolute Gasteiger partial charge is 0.507 e. The van der Waals surface area contributed by atoms with Crippen molar-refractivity contribution in [1.29, 1.82) is 0 Å². The predicted octanol–water partition coefficient (Wildman–Crippen LogP) is 5.22. The van der Waals surface area contributed by atoms with Gasteiger partial charge in [0, 0.05) is 22.0 Å². The van der Waals surface area contributed by atoms with Crippen molar-refractivity contribution in [3.8, 4) is 11.5 Å². The Morgan fingerprint density at radius 3 is 2.46 bits per heavy atom. The van der Waals surface area contributed by atoms with Crippen LogP contribution in [0, 0.1) is 6.92 Å². The van der Waals surface area contributed by atoms with Crippen LogP contribution in [-0.2, 0) is 0 Å². The van der Waals surface area contributed by atoms with Crippen molar-refractivity contribution in [3.05, 3.63) is 54.1 Å². The van der Waals surface area contributed by atoms with Gasteiger partial charge in [0.05, 0.1) is 17.3 Å². The van der Waals surface area contributed by atoms with Gasteiger partial charge in [0.1, 0.15) is 11.5 Å². The highest BCUT2D eigenvalue weighted by atomic mass is 32.1. The van der Waals surface area contributed by atoms with Crippen LogP contribution in [0.15, 0.2) is 48.5 Å². The molecule has 0 atom stereocenters. The number of thiazole rings is 1. The third-order valence-electron chi connectivity index (χ3n) is 4.10. The van der Waals surface area contributed by atoms with E-state index in [1.165, 1.54) is 0 Å². The Kier molecular flexibility index (Phi) is 3.50. The Bertz CT molecular complexity index is 1040. The molecule has 4 aromatic rings. The number of anilines is 2. The van der Waals surface area contributed by atoms with E-state index in [4.69, 9.17) is 9.72 Å². The molecule has 1 heterocycles. The van der Waals surface area contributed by atoms with Gasteiger partial charge in [0.2, 0.25) is 0 Å². The van der Waals surface area contributed by atoms with Crippen LogP contribution in [0.4, 0.5) is 10.8 Å². The number of aromatic hydroxyl groups is 1. The number of fused-ring (bicyclic) bond motifs is 3. The molecule has 5 heteroatoms. The van der Waals surface area contributed by atoms with Crippen LogP contribution in [0.2, 0.25) is 0 Å². The lowest BCUT2D eigenvalue weighted by Gasteiger charge is -2.05. The summed E-state index contributed by atoms with van der Waals surface area (Å²) in [4.78, 5) is 4.75. The molecule has 0 spiro atoms. The van der Waals surface area contributed by atoms with Crippen molar-refractivity contribution in [2.45, 2.75) is 6.92 Å². The summed E-state index contributed by atoms with van der Waals surface area (Å²) in [6.45, 7) is 1.93. The summed E-state index contributed by atoms with van der Waals surface area (Å²) in [5.74, 6) is 1.15. The zero-order valence-electron chi connectivity index (χ0n) is 13.3. The van der Waals surface area contributed by atoms with E-state index in [0.29, 0.717) is 5.75 Å². The molecule has 0 fully saturated rings. The number of aryl methyl sites for hydroxylation is 1. The number of methoxy groups -OCH3 is 1. The number of phenolic OH excluding ortho intramolecular Hbond substituents is 1. The van der Waals surface area contributed by atoms with Gasteiger partial charge in [0.25, 0.3) is 0 Å². The van der Waals surface area contributed by atoms with Crippen LogP contribution in [-0.4, -0.2) is 17.2 Å². The molecule has 0 unspecified atom stereocenters. The highest BCUT2D eigenvalue weighted by Crippen LogP contribution is 2.41. The molecule has 120 valence electrons. The molecule has 0 saturated carbocycles. The van der Waals surface area contributed by atoms with Crippen LogP contribution in [0.5, 0.6) is 11.5 Å². The van der Waals surface area contributed by atoms with Gasteiger partial charge in [-0.1, -0.05) is 35.6 Å². The lowest BCUT2D eigenvalue weighted by molar-refractivity contribution is 0.415. The molecule has 0 aliphatic rings. The van der Waals surface area contributed by atoms with E-state index < -0.39 is 0 Å². The van der Waals surface area contributed by atoms with Crippen molar-refractivity contribution >= 4 is 43.1 Å². The number of aromatic nitrogens is 1. The molecule has 3 aromatic carbocycles.